The number of aryl methyl sites for hydroxylation is 1. The zero-order chi connectivity index (χ0) is 18.4. The average Bonchev–Trinajstić information content (AvgIpc) is 2.61. The molecule has 0 aromatic heterocycles. The van der Waals surface area contributed by atoms with E-state index >= 15 is 0 Å². The van der Waals surface area contributed by atoms with Crippen molar-refractivity contribution in [2.24, 2.45) is 5.92 Å². The lowest BCUT2D eigenvalue weighted by molar-refractivity contribution is -0.123. The van der Waals surface area contributed by atoms with Crippen molar-refractivity contribution in [3.05, 3.63) is 29.8 Å². The smallest absolute Gasteiger partial charge is 0.230 e. The number of sulfonamides is 1. The third-order valence-corrected chi connectivity index (χ3v) is 6.80. The Kier molecular flexibility index (Phi) is 7.02. The van der Waals surface area contributed by atoms with E-state index in [1.54, 1.807) is 4.31 Å². The van der Waals surface area contributed by atoms with Crippen LogP contribution in [0.4, 0.5) is 5.69 Å². The van der Waals surface area contributed by atoms with Crippen molar-refractivity contribution >= 4 is 21.6 Å². The highest BCUT2D eigenvalue weighted by Crippen LogP contribution is 2.25. The second kappa shape index (κ2) is 8.81. The van der Waals surface area contributed by atoms with Crippen LogP contribution >= 0.6 is 0 Å². The van der Waals surface area contributed by atoms with Crippen molar-refractivity contribution in [1.29, 1.82) is 0 Å². The number of unbranched alkanes of at least 4 members (excludes halogenated alkanes) is 1. The number of piperidine rings is 1. The van der Waals surface area contributed by atoms with Crippen molar-refractivity contribution in [2.45, 2.75) is 46.5 Å². The van der Waals surface area contributed by atoms with Crippen LogP contribution < -0.4 is 4.90 Å². The van der Waals surface area contributed by atoms with Gasteiger partial charge in [-0.25, -0.2) is 12.7 Å². The first kappa shape index (κ1) is 19.9. The van der Waals surface area contributed by atoms with Crippen LogP contribution in [0, 0.1) is 12.8 Å². The number of carbonyl (C=O) groups excluding carboxylic acids is 1. The van der Waals surface area contributed by atoms with Crippen LogP contribution in [0.25, 0.3) is 0 Å². The topological polar surface area (TPSA) is 57.7 Å². The first-order valence-corrected chi connectivity index (χ1v) is 10.9. The lowest BCUT2D eigenvalue weighted by Crippen LogP contribution is -2.45. The van der Waals surface area contributed by atoms with Gasteiger partial charge in [-0.05, 0) is 50.8 Å². The van der Waals surface area contributed by atoms with E-state index in [9.17, 15) is 13.2 Å². The second-order valence-electron chi connectivity index (χ2n) is 6.76. The fourth-order valence-electron chi connectivity index (χ4n) is 3.32. The molecule has 0 atom stereocenters. The standard InChI is InChI=1S/C19H30N2O3S/c1-4-6-14-25(23,24)20-12-10-17(11-13-20)19(22)21(5-2)18-9-7-8-16(3)15-18/h7-9,15,17H,4-6,10-14H2,1-3H3. The number of rotatable bonds is 7. The van der Waals surface area contributed by atoms with Crippen LogP contribution in [0.3, 0.4) is 0 Å². The molecule has 1 aliphatic rings. The molecule has 0 N–H and O–H groups in total. The van der Waals surface area contributed by atoms with E-state index < -0.39 is 10.0 Å². The van der Waals surface area contributed by atoms with Gasteiger partial charge in [-0.1, -0.05) is 25.5 Å². The minimum atomic E-state index is -3.17. The second-order valence-corrected chi connectivity index (χ2v) is 8.85. The van der Waals surface area contributed by atoms with Gasteiger partial charge < -0.3 is 4.90 Å². The van der Waals surface area contributed by atoms with Crippen molar-refractivity contribution in [1.82, 2.24) is 4.31 Å². The maximum Gasteiger partial charge on any atom is 0.230 e. The van der Waals surface area contributed by atoms with Gasteiger partial charge in [0.15, 0.2) is 0 Å². The van der Waals surface area contributed by atoms with Gasteiger partial charge in [0.05, 0.1) is 5.75 Å². The molecule has 0 bridgehead atoms. The molecule has 0 spiro atoms. The third-order valence-electron chi connectivity index (χ3n) is 4.85. The van der Waals surface area contributed by atoms with Gasteiger partial charge in [-0.15, -0.1) is 0 Å². The maximum absolute atomic E-state index is 12.9. The molecule has 1 aromatic carbocycles. The molecule has 6 heteroatoms. The van der Waals surface area contributed by atoms with Crippen LogP contribution in [0.2, 0.25) is 0 Å². The number of amides is 1. The molecule has 1 heterocycles. The Labute approximate surface area is 152 Å². The van der Waals surface area contributed by atoms with E-state index in [1.165, 1.54) is 0 Å². The van der Waals surface area contributed by atoms with Crippen LogP contribution in [-0.2, 0) is 14.8 Å². The van der Waals surface area contributed by atoms with Crippen molar-refractivity contribution in [3.8, 4) is 0 Å². The highest BCUT2D eigenvalue weighted by molar-refractivity contribution is 7.89. The van der Waals surface area contributed by atoms with E-state index in [-0.39, 0.29) is 17.6 Å². The molecule has 1 saturated heterocycles. The molecule has 0 saturated carbocycles. The third kappa shape index (κ3) is 5.05. The summed E-state index contributed by atoms with van der Waals surface area (Å²) in [6.45, 7) is 7.51. The van der Waals surface area contributed by atoms with Gasteiger partial charge in [-0.3, -0.25) is 4.79 Å². The SMILES string of the molecule is CCCCS(=O)(=O)N1CCC(C(=O)N(CC)c2cccc(C)c2)CC1. The van der Waals surface area contributed by atoms with Gasteiger partial charge in [0.25, 0.3) is 0 Å². The first-order valence-electron chi connectivity index (χ1n) is 9.25. The number of carbonyl (C=O) groups is 1. The lowest BCUT2D eigenvalue weighted by atomic mass is 9.96. The van der Waals surface area contributed by atoms with E-state index in [2.05, 4.69) is 0 Å². The Morgan fingerprint density at radius 1 is 1.24 bits per heavy atom. The molecule has 0 aliphatic carbocycles. The fourth-order valence-corrected chi connectivity index (χ4v) is 5.00. The van der Waals surface area contributed by atoms with Gasteiger partial charge in [-0.2, -0.15) is 0 Å². The molecule has 1 aromatic rings. The number of hydrogen-bond donors (Lipinski definition) is 0. The fraction of sp³-hybridized carbons (Fsp3) is 0.632. The molecule has 0 unspecified atom stereocenters. The highest BCUT2D eigenvalue weighted by Gasteiger charge is 2.32. The van der Waals surface area contributed by atoms with E-state index in [4.69, 9.17) is 0 Å². The molecule has 140 valence electrons. The number of anilines is 1. The normalized spacial score (nSPS) is 16.8. The van der Waals surface area contributed by atoms with E-state index in [1.807, 2.05) is 49.9 Å². The maximum atomic E-state index is 12.9. The van der Waals surface area contributed by atoms with Crippen LogP contribution in [0.5, 0.6) is 0 Å². The summed E-state index contributed by atoms with van der Waals surface area (Å²) in [7, 11) is -3.17. The van der Waals surface area contributed by atoms with Gasteiger partial charge in [0, 0.05) is 31.2 Å². The summed E-state index contributed by atoms with van der Waals surface area (Å²) >= 11 is 0. The summed E-state index contributed by atoms with van der Waals surface area (Å²) in [4.78, 5) is 14.7. The van der Waals surface area contributed by atoms with Crippen LogP contribution in [0.15, 0.2) is 24.3 Å². The summed E-state index contributed by atoms with van der Waals surface area (Å²) in [5.41, 5.74) is 2.05. The van der Waals surface area contributed by atoms with Crippen molar-refractivity contribution < 1.29 is 13.2 Å². The number of benzene rings is 1. The molecular formula is C19H30N2O3S. The van der Waals surface area contributed by atoms with Crippen LogP contribution in [-0.4, -0.2) is 44.0 Å². The van der Waals surface area contributed by atoms with E-state index in [0.717, 1.165) is 17.7 Å². The molecule has 2 rings (SSSR count). The Balaban J connectivity index is 2.00. The minimum absolute atomic E-state index is 0.0990. The van der Waals surface area contributed by atoms with Crippen molar-refractivity contribution in [3.63, 3.8) is 0 Å². The first-order chi connectivity index (χ1) is 11.9. The summed E-state index contributed by atoms with van der Waals surface area (Å²) in [6.07, 6.45) is 2.77. The van der Waals surface area contributed by atoms with Crippen molar-refractivity contribution in [2.75, 3.05) is 30.3 Å². The zero-order valence-corrected chi connectivity index (χ0v) is 16.4. The molecular weight excluding hydrogens is 336 g/mol. The number of hydrogen-bond acceptors (Lipinski definition) is 3. The predicted octanol–water partition coefficient (Wildman–Crippen LogP) is 3.19. The van der Waals surface area contributed by atoms with Gasteiger partial charge >= 0.3 is 0 Å². The predicted molar refractivity (Wildman–Crippen MR) is 102 cm³/mol. The lowest BCUT2D eigenvalue weighted by Gasteiger charge is -2.33. The monoisotopic (exact) mass is 366 g/mol. The summed E-state index contributed by atoms with van der Waals surface area (Å²) in [6, 6.07) is 7.95. The molecule has 1 amide bonds. The quantitative estimate of drug-likeness (QED) is 0.745. The molecule has 25 heavy (non-hydrogen) atoms. The summed E-state index contributed by atoms with van der Waals surface area (Å²) in [5.74, 6) is 0.226. The molecule has 1 aliphatic heterocycles. The Morgan fingerprint density at radius 3 is 2.48 bits per heavy atom. The zero-order valence-electron chi connectivity index (χ0n) is 15.6. The van der Waals surface area contributed by atoms with E-state index in [0.29, 0.717) is 38.9 Å². The Hall–Kier alpha value is -1.40. The average molecular weight is 367 g/mol. The molecule has 1 fully saturated rings. The van der Waals surface area contributed by atoms with Crippen LogP contribution in [0.1, 0.15) is 45.1 Å². The largest absolute Gasteiger partial charge is 0.312 e. The summed E-state index contributed by atoms with van der Waals surface area (Å²) in [5, 5.41) is 0. The molecule has 5 nitrogen and oxygen atoms in total. The highest BCUT2D eigenvalue weighted by atomic mass is 32.2. The summed E-state index contributed by atoms with van der Waals surface area (Å²) < 4.78 is 26.2. The Morgan fingerprint density at radius 2 is 1.92 bits per heavy atom. The minimum Gasteiger partial charge on any atom is -0.312 e. The molecule has 0 radical (unpaired) electrons. The number of nitrogens with zero attached hydrogens (tertiary/aromatic N) is 2. The Bertz CT molecular complexity index is 680. The van der Waals surface area contributed by atoms with Gasteiger partial charge in [0.1, 0.15) is 0 Å². The van der Waals surface area contributed by atoms with Gasteiger partial charge in [0.2, 0.25) is 15.9 Å².